The smallest absolute Gasteiger partial charge is 0.0946 e. The molecule has 0 radical (unpaired) electrons. The van der Waals surface area contributed by atoms with Crippen LogP contribution < -0.4 is 5.73 Å². The monoisotopic (exact) mass is 224 g/mol. The topological polar surface area (TPSA) is 38.9 Å². The summed E-state index contributed by atoms with van der Waals surface area (Å²) in [6.07, 6.45) is 4.54. The highest BCUT2D eigenvalue weighted by molar-refractivity contribution is 7.11. The first kappa shape index (κ1) is 11.1. The lowest BCUT2D eigenvalue weighted by atomic mass is 9.79. The van der Waals surface area contributed by atoms with Crippen molar-refractivity contribution in [2.45, 2.75) is 52.5 Å². The molecule has 1 aliphatic rings. The van der Waals surface area contributed by atoms with Crippen molar-refractivity contribution in [2.75, 3.05) is 0 Å². The average Bonchev–Trinajstić information content (AvgIpc) is 2.42. The van der Waals surface area contributed by atoms with E-state index in [1.165, 1.54) is 28.4 Å². The maximum absolute atomic E-state index is 5.80. The fraction of sp³-hybridized carbons (Fsp3) is 0.750. The van der Waals surface area contributed by atoms with E-state index in [4.69, 9.17) is 10.7 Å². The third kappa shape index (κ3) is 2.58. The second-order valence-corrected chi connectivity index (χ2v) is 6.67. The van der Waals surface area contributed by atoms with Crippen molar-refractivity contribution >= 4 is 11.3 Å². The molecule has 1 unspecified atom stereocenters. The Morgan fingerprint density at radius 1 is 1.53 bits per heavy atom. The van der Waals surface area contributed by atoms with Crippen molar-refractivity contribution in [1.82, 2.24) is 4.98 Å². The standard InChI is InChI=1S/C12H20N2S/c1-8(13)6-11-14-9-4-5-12(2,3)7-10(9)15-11/h8H,4-7,13H2,1-3H3. The molecule has 1 atom stereocenters. The van der Waals surface area contributed by atoms with Crippen LogP contribution in [0.1, 0.15) is 42.8 Å². The minimum absolute atomic E-state index is 0.227. The van der Waals surface area contributed by atoms with Crippen LogP contribution in [0.5, 0.6) is 0 Å². The number of aromatic nitrogens is 1. The summed E-state index contributed by atoms with van der Waals surface area (Å²) >= 11 is 1.87. The van der Waals surface area contributed by atoms with Gasteiger partial charge in [0.15, 0.2) is 0 Å². The van der Waals surface area contributed by atoms with Crippen LogP contribution >= 0.6 is 11.3 Å². The van der Waals surface area contributed by atoms with Gasteiger partial charge >= 0.3 is 0 Å². The molecular weight excluding hydrogens is 204 g/mol. The molecular formula is C12H20N2S. The Balaban J connectivity index is 2.18. The lowest BCUT2D eigenvalue weighted by Crippen LogP contribution is -2.21. The maximum atomic E-state index is 5.80. The molecule has 0 spiro atoms. The molecule has 0 aliphatic heterocycles. The first-order valence-corrected chi connectivity index (χ1v) is 6.51. The first-order valence-electron chi connectivity index (χ1n) is 5.69. The quantitative estimate of drug-likeness (QED) is 0.838. The Morgan fingerprint density at radius 3 is 2.93 bits per heavy atom. The molecule has 0 saturated heterocycles. The number of nitrogens with two attached hydrogens (primary N) is 1. The molecule has 2 rings (SSSR count). The summed E-state index contributed by atoms with van der Waals surface area (Å²) in [5, 5.41) is 1.23. The van der Waals surface area contributed by atoms with Crippen molar-refractivity contribution in [3.63, 3.8) is 0 Å². The molecule has 0 saturated carbocycles. The van der Waals surface area contributed by atoms with Gasteiger partial charge in [0.1, 0.15) is 0 Å². The molecule has 1 heterocycles. The highest BCUT2D eigenvalue weighted by Gasteiger charge is 2.27. The van der Waals surface area contributed by atoms with Gasteiger partial charge in [-0.25, -0.2) is 4.98 Å². The van der Waals surface area contributed by atoms with Crippen LogP contribution in [0.25, 0.3) is 0 Å². The zero-order valence-electron chi connectivity index (χ0n) is 9.84. The molecule has 1 aromatic heterocycles. The molecule has 3 heteroatoms. The van der Waals surface area contributed by atoms with Crippen LogP contribution in [0.15, 0.2) is 0 Å². The molecule has 15 heavy (non-hydrogen) atoms. The molecule has 0 bridgehead atoms. The Morgan fingerprint density at radius 2 is 2.27 bits per heavy atom. The van der Waals surface area contributed by atoms with Gasteiger partial charge in [-0.3, -0.25) is 0 Å². The third-order valence-corrected chi connectivity index (χ3v) is 4.12. The molecule has 1 aliphatic carbocycles. The van der Waals surface area contributed by atoms with Gasteiger partial charge in [0.05, 0.1) is 10.7 Å². The van der Waals surface area contributed by atoms with E-state index >= 15 is 0 Å². The molecule has 0 amide bonds. The van der Waals surface area contributed by atoms with Crippen molar-refractivity contribution in [3.8, 4) is 0 Å². The Hall–Kier alpha value is -0.410. The number of fused-ring (bicyclic) bond motifs is 1. The summed E-state index contributed by atoms with van der Waals surface area (Å²) in [6.45, 7) is 6.74. The zero-order valence-corrected chi connectivity index (χ0v) is 10.7. The Kier molecular flexibility index (Phi) is 2.86. The van der Waals surface area contributed by atoms with E-state index in [-0.39, 0.29) is 6.04 Å². The second-order valence-electron chi connectivity index (χ2n) is 5.50. The van der Waals surface area contributed by atoms with Gasteiger partial charge in [-0.05, 0) is 31.6 Å². The number of hydrogen-bond donors (Lipinski definition) is 1. The van der Waals surface area contributed by atoms with Crippen LogP contribution in [0.2, 0.25) is 0 Å². The number of rotatable bonds is 2. The minimum Gasteiger partial charge on any atom is -0.328 e. The highest BCUT2D eigenvalue weighted by atomic mass is 32.1. The largest absolute Gasteiger partial charge is 0.328 e. The predicted octanol–water partition coefficient (Wildman–Crippen LogP) is 2.55. The molecule has 84 valence electrons. The van der Waals surface area contributed by atoms with Crippen LogP contribution in [0.4, 0.5) is 0 Å². The van der Waals surface area contributed by atoms with Crippen LogP contribution in [-0.2, 0) is 19.3 Å². The zero-order chi connectivity index (χ0) is 11.1. The van der Waals surface area contributed by atoms with Crippen LogP contribution in [-0.4, -0.2) is 11.0 Å². The summed E-state index contributed by atoms with van der Waals surface area (Å²) in [4.78, 5) is 6.20. The normalized spacial score (nSPS) is 21.1. The van der Waals surface area contributed by atoms with E-state index in [0.717, 1.165) is 12.8 Å². The van der Waals surface area contributed by atoms with Gasteiger partial charge < -0.3 is 5.73 Å². The van der Waals surface area contributed by atoms with Gasteiger partial charge in [0, 0.05) is 17.3 Å². The maximum Gasteiger partial charge on any atom is 0.0946 e. The molecule has 2 nitrogen and oxygen atoms in total. The van der Waals surface area contributed by atoms with Crippen LogP contribution in [0, 0.1) is 5.41 Å². The number of thiazole rings is 1. The summed E-state index contributed by atoms with van der Waals surface area (Å²) in [5.41, 5.74) is 7.61. The van der Waals surface area contributed by atoms with E-state index in [2.05, 4.69) is 13.8 Å². The van der Waals surface area contributed by atoms with Crippen molar-refractivity contribution < 1.29 is 0 Å². The Bertz CT molecular complexity index is 353. The molecule has 0 fully saturated rings. The second kappa shape index (κ2) is 3.87. The van der Waals surface area contributed by atoms with E-state index in [1.807, 2.05) is 18.3 Å². The number of nitrogens with zero attached hydrogens (tertiary/aromatic N) is 1. The van der Waals surface area contributed by atoms with Crippen molar-refractivity contribution in [2.24, 2.45) is 11.1 Å². The lowest BCUT2D eigenvalue weighted by molar-refractivity contribution is 0.316. The summed E-state index contributed by atoms with van der Waals surface area (Å²) < 4.78 is 0. The fourth-order valence-corrected chi connectivity index (χ4v) is 3.63. The first-order chi connectivity index (χ1) is 6.96. The van der Waals surface area contributed by atoms with Crippen LogP contribution in [0.3, 0.4) is 0 Å². The molecule has 0 aromatic carbocycles. The Labute approximate surface area is 95.9 Å². The average molecular weight is 224 g/mol. The minimum atomic E-state index is 0.227. The summed E-state index contributed by atoms with van der Waals surface area (Å²) in [7, 11) is 0. The predicted molar refractivity (Wildman–Crippen MR) is 65.3 cm³/mol. The SMILES string of the molecule is CC(N)Cc1nc2c(s1)CC(C)(C)CC2. The van der Waals surface area contributed by atoms with E-state index in [1.54, 1.807) is 0 Å². The summed E-state index contributed by atoms with van der Waals surface area (Å²) in [6, 6.07) is 0.227. The van der Waals surface area contributed by atoms with E-state index in [0.29, 0.717) is 5.41 Å². The third-order valence-electron chi connectivity index (χ3n) is 3.00. The van der Waals surface area contributed by atoms with Crippen molar-refractivity contribution in [3.05, 3.63) is 15.6 Å². The number of aryl methyl sites for hydroxylation is 1. The fourth-order valence-electron chi connectivity index (χ4n) is 2.11. The number of hydrogen-bond acceptors (Lipinski definition) is 3. The van der Waals surface area contributed by atoms with Gasteiger partial charge in [0.2, 0.25) is 0 Å². The molecule has 2 N–H and O–H groups in total. The highest BCUT2D eigenvalue weighted by Crippen LogP contribution is 2.37. The van der Waals surface area contributed by atoms with Crippen molar-refractivity contribution in [1.29, 1.82) is 0 Å². The molecule has 1 aromatic rings. The van der Waals surface area contributed by atoms with Gasteiger partial charge in [-0.2, -0.15) is 0 Å². The van der Waals surface area contributed by atoms with E-state index < -0.39 is 0 Å². The van der Waals surface area contributed by atoms with E-state index in [9.17, 15) is 0 Å². The van der Waals surface area contributed by atoms with Gasteiger partial charge in [-0.15, -0.1) is 11.3 Å². The van der Waals surface area contributed by atoms with Gasteiger partial charge in [0.25, 0.3) is 0 Å². The lowest BCUT2D eigenvalue weighted by Gasteiger charge is -2.28. The summed E-state index contributed by atoms with van der Waals surface area (Å²) in [5.74, 6) is 0. The van der Waals surface area contributed by atoms with Gasteiger partial charge in [-0.1, -0.05) is 13.8 Å².